The van der Waals surface area contributed by atoms with E-state index in [9.17, 15) is 8.78 Å². The van der Waals surface area contributed by atoms with Gasteiger partial charge in [-0.05, 0) is 36.4 Å². The number of alkyl halides is 2. The van der Waals surface area contributed by atoms with E-state index in [-0.39, 0.29) is 17.9 Å². The Balaban J connectivity index is 1.74. The molecule has 5 heteroatoms. The molecule has 0 saturated heterocycles. The van der Waals surface area contributed by atoms with Gasteiger partial charge < -0.3 is 9.47 Å². The van der Waals surface area contributed by atoms with E-state index in [2.05, 4.69) is 4.98 Å². The fourth-order valence-electron chi connectivity index (χ4n) is 2.67. The molecular weight excluding hydrogens is 312 g/mol. The average molecular weight is 325 g/mol. The van der Waals surface area contributed by atoms with Crippen molar-refractivity contribution in [2.75, 3.05) is 6.79 Å². The number of hydrogen-bond donors (Lipinski definition) is 0. The summed E-state index contributed by atoms with van der Waals surface area (Å²) in [4.78, 5) is 4.21. The first kappa shape index (κ1) is 14.6. The summed E-state index contributed by atoms with van der Waals surface area (Å²) in [7, 11) is 0. The van der Waals surface area contributed by atoms with Crippen molar-refractivity contribution >= 4 is 0 Å². The summed E-state index contributed by atoms with van der Waals surface area (Å²) in [5.41, 5.74) is 1.07. The highest BCUT2D eigenvalue weighted by atomic mass is 19.3. The van der Waals surface area contributed by atoms with E-state index < -0.39 is 5.92 Å². The Kier molecular flexibility index (Phi) is 3.41. The Morgan fingerprint density at radius 3 is 2.50 bits per heavy atom. The van der Waals surface area contributed by atoms with E-state index in [1.54, 1.807) is 30.5 Å². The molecule has 3 aromatic rings. The molecule has 1 aromatic heterocycles. The third-order valence-corrected chi connectivity index (χ3v) is 3.92. The van der Waals surface area contributed by atoms with Crippen molar-refractivity contribution in [2.24, 2.45) is 0 Å². The molecule has 0 saturated carbocycles. The molecule has 0 N–H and O–H groups in total. The zero-order valence-corrected chi connectivity index (χ0v) is 12.6. The van der Waals surface area contributed by atoms with Crippen molar-refractivity contribution in [3.63, 3.8) is 0 Å². The second kappa shape index (κ2) is 5.60. The lowest BCUT2D eigenvalue weighted by Crippen LogP contribution is -2.15. The van der Waals surface area contributed by atoms with E-state index in [1.165, 1.54) is 30.3 Å². The van der Waals surface area contributed by atoms with Crippen molar-refractivity contribution in [1.29, 1.82) is 0 Å². The van der Waals surface area contributed by atoms with Gasteiger partial charge in [-0.1, -0.05) is 24.3 Å². The fourth-order valence-corrected chi connectivity index (χ4v) is 2.67. The van der Waals surface area contributed by atoms with Crippen LogP contribution in [-0.4, -0.2) is 11.8 Å². The smallest absolute Gasteiger partial charge is 0.298 e. The van der Waals surface area contributed by atoms with Crippen LogP contribution < -0.4 is 9.47 Å². The van der Waals surface area contributed by atoms with Crippen molar-refractivity contribution in [3.8, 4) is 22.8 Å². The maximum Gasteiger partial charge on any atom is 0.298 e. The molecule has 0 radical (unpaired) electrons. The van der Waals surface area contributed by atoms with Gasteiger partial charge in [-0.15, -0.1) is 0 Å². The predicted molar refractivity (Wildman–Crippen MR) is 85.2 cm³/mol. The second-order valence-corrected chi connectivity index (χ2v) is 5.44. The number of hydrogen-bond acceptors (Lipinski definition) is 3. The van der Waals surface area contributed by atoms with E-state index in [1.807, 2.05) is 6.07 Å². The molecule has 0 spiro atoms. The number of halogens is 2. The van der Waals surface area contributed by atoms with Crippen LogP contribution in [0.1, 0.15) is 11.1 Å². The van der Waals surface area contributed by atoms with Crippen LogP contribution in [0.4, 0.5) is 8.78 Å². The second-order valence-electron chi connectivity index (χ2n) is 5.44. The number of pyridine rings is 1. The highest BCUT2D eigenvalue weighted by Gasteiger charge is 2.35. The van der Waals surface area contributed by atoms with Gasteiger partial charge in [0.15, 0.2) is 11.5 Å². The van der Waals surface area contributed by atoms with E-state index in [0.29, 0.717) is 22.8 Å². The lowest BCUT2D eigenvalue weighted by molar-refractivity contribution is 0.0426. The van der Waals surface area contributed by atoms with Gasteiger partial charge in [0.2, 0.25) is 6.79 Å². The van der Waals surface area contributed by atoms with E-state index in [4.69, 9.17) is 9.47 Å². The van der Waals surface area contributed by atoms with Crippen molar-refractivity contribution in [3.05, 3.63) is 78.0 Å². The minimum atomic E-state index is -3.15. The first-order valence-corrected chi connectivity index (χ1v) is 7.44. The summed E-state index contributed by atoms with van der Waals surface area (Å²) in [6, 6.07) is 15.9. The van der Waals surface area contributed by atoms with Crippen molar-refractivity contribution < 1.29 is 18.3 Å². The summed E-state index contributed by atoms with van der Waals surface area (Å²) in [5, 5.41) is 0. The Labute approximate surface area is 137 Å². The number of ether oxygens (including phenoxy) is 2. The first-order chi connectivity index (χ1) is 11.6. The molecule has 0 unspecified atom stereocenters. The maximum absolute atomic E-state index is 14.9. The molecule has 0 bridgehead atoms. The molecule has 120 valence electrons. The van der Waals surface area contributed by atoms with Gasteiger partial charge in [0.1, 0.15) is 0 Å². The summed E-state index contributed by atoms with van der Waals surface area (Å²) in [5.74, 6) is -2.32. The normalized spacial score (nSPS) is 13.1. The zero-order chi connectivity index (χ0) is 16.6. The quantitative estimate of drug-likeness (QED) is 0.704. The topological polar surface area (TPSA) is 31.4 Å². The lowest BCUT2D eigenvalue weighted by atomic mass is 9.97. The Morgan fingerprint density at radius 2 is 1.67 bits per heavy atom. The summed E-state index contributed by atoms with van der Waals surface area (Å²) >= 11 is 0. The van der Waals surface area contributed by atoms with Crippen LogP contribution in [0.3, 0.4) is 0 Å². The average Bonchev–Trinajstić information content (AvgIpc) is 3.10. The molecule has 1 aliphatic rings. The van der Waals surface area contributed by atoms with Gasteiger partial charge in [0.25, 0.3) is 5.92 Å². The molecule has 2 heterocycles. The van der Waals surface area contributed by atoms with Crippen molar-refractivity contribution in [2.45, 2.75) is 5.92 Å². The highest BCUT2D eigenvalue weighted by Crippen LogP contribution is 2.41. The van der Waals surface area contributed by atoms with Gasteiger partial charge in [-0.2, -0.15) is 8.78 Å². The molecule has 0 atom stereocenters. The van der Waals surface area contributed by atoms with Gasteiger partial charge in [0, 0.05) is 22.9 Å². The molecule has 0 fully saturated rings. The number of benzene rings is 2. The minimum absolute atomic E-state index is 0.0551. The zero-order valence-electron chi connectivity index (χ0n) is 12.6. The number of aromatic nitrogens is 1. The van der Waals surface area contributed by atoms with Crippen LogP contribution in [-0.2, 0) is 5.92 Å². The third-order valence-electron chi connectivity index (χ3n) is 3.92. The van der Waals surface area contributed by atoms with Crippen LogP contribution in [0.25, 0.3) is 11.3 Å². The lowest BCUT2D eigenvalue weighted by Gasteiger charge is -2.18. The number of rotatable bonds is 3. The van der Waals surface area contributed by atoms with Crippen LogP contribution >= 0.6 is 0 Å². The summed E-state index contributed by atoms with van der Waals surface area (Å²) < 4.78 is 40.2. The summed E-state index contributed by atoms with van der Waals surface area (Å²) in [6.45, 7) is 0.0551. The van der Waals surface area contributed by atoms with Crippen LogP contribution in [0.2, 0.25) is 0 Å². The monoisotopic (exact) mass is 325 g/mol. The summed E-state index contributed by atoms with van der Waals surface area (Å²) in [6.07, 6.45) is 1.64. The highest BCUT2D eigenvalue weighted by molar-refractivity contribution is 5.61. The van der Waals surface area contributed by atoms with Crippen LogP contribution in [0, 0.1) is 0 Å². The predicted octanol–water partition coefficient (Wildman–Crippen LogP) is 4.62. The van der Waals surface area contributed by atoms with Crippen LogP contribution in [0.15, 0.2) is 66.9 Å². The van der Waals surface area contributed by atoms with Crippen molar-refractivity contribution in [1.82, 2.24) is 4.98 Å². The van der Waals surface area contributed by atoms with Crippen LogP contribution in [0.5, 0.6) is 11.5 Å². The molecule has 0 amide bonds. The maximum atomic E-state index is 14.9. The van der Waals surface area contributed by atoms with Gasteiger partial charge in [0.05, 0.1) is 5.69 Å². The molecule has 24 heavy (non-hydrogen) atoms. The first-order valence-electron chi connectivity index (χ1n) is 7.44. The standard InChI is InChI=1S/C19H13F2NO2/c20-19(21,15-7-8-17-18(11-15)24-12-23-17)14-5-3-4-13(10-14)16-6-1-2-9-22-16/h1-11H,12H2. The van der Waals surface area contributed by atoms with Gasteiger partial charge >= 0.3 is 0 Å². The Hall–Kier alpha value is -2.95. The largest absolute Gasteiger partial charge is 0.454 e. The minimum Gasteiger partial charge on any atom is -0.454 e. The molecule has 2 aromatic carbocycles. The SMILES string of the molecule is FC(F)(c1cccc(-c2ccccn2)c1)c1ccc2c(c1)OCO2. The Morgan fingerprint density at radius 1 is 0.833 bits per heavy atom. The molecule has 0 aliphatic carbocycles. The molecule has 4 rings (SSSR count). The van der Waals surface area contributed by atoms with Gasteiger partial charge in [-0.25, -0.2) is 0 Å². The van der Waals surface area contributed by atoms with E-state index >= 15 is 0 Å². The van der Waals surface area contributed by atoms with E-state index in [0.717, 1.165) is 0 Å². The number of nitrogens with zero attached hydrogens (tertiary/aromatic N) is 1. The molecular formula is C19H13F2NO2. The third kappa shape index (κ3) is 2.48. The number of fused-ring (bicyclic) bond motifs is 1. The Bertz CT molecular complexity index is 882. The fraction of sp³-hybridized carbons (Fsp3) is 0.105. The molecule has 3 nitrogen and oxygen atoms in total. The van der Waals surface area contributed by atoms with Gasteiger partial charge in [-0.3, -0.25) is 4.98 Å². The molecule has 1 aliphatic heterocycles.